The van der Waals surface area contributed by atoms with Crippen molar-refractivity contribution in [1.82, 2.24) is 15.1 Å². The van der Waals surface area contributed by atoms with Crippen molar-refractivity contribution in [3.63, 3.8) is 0 Å². The van der Waals surface area contributed by atoms with Crippen LogP contribution in [-0.4, -0.2) is 68.7 Å². The van der Waals surface area contributed by atoms with Crippen LogP contribution in [0.2, 0.25) is 0 Å². The Morgan fingerprint density at radius 2 is 2.09 bits per heavy atom. The molecule has 1 aromatic rings. The van der Waals surface area contributed by atoms with Gasteiger partial charge < -0.3 is 19.4 Å². The molecule has 0 radical (unpaired) electrons. The summed E-state index contributed by atoms with van der Waals surface area (Å²) in [4.78, 5) is 16.6. The van der Waals surface area contributed by atoms with Crippen molar-refractivity contribution in [3.8, 4) is 0 Å². The largest absolute Gasteiger partial charge is 0.455 e. The highest BCUT2D eigenvalue weighted by molar-refractivity contribution is 5.91. The molecule has 6 nitrogen and oxygen atoms in total. The third-order valence-corrected chi connectivity index (χ3v) is 3.82. The third kappa shape index (κ3) is 5.44. The fourth-order valence-corrected chi connectivity index (χ4v) is 2.42. The number of hydrogen-bond donors (Lipinski definition) is 1. The number of carbonyl (C=O) groups is 1. The van der Waals surface area contributed by atoms with Crippen molar-refractivity contribution in [2.75, 3.05) is 53.0 Å². The van der Waals surface area contributed by atoms with Gasteiger partial charge in [-0.2, -0.15) is 0 Å². The van der Waals surface area contributed by atoms with E-state index < -0.39 is 0 Å². The van der Waals surface area contributed by atoms with Crippen LogP contribution in [0.1, 0.15) is 29.7 Å². The molecule has 0 aliphatic carbocycles. The zero-order chi connectivity index (χ0) is 15.8. The van der Waals surface area contributed by atoms with E-state index in [2.05, 4.69) is 22.2 Å². The topological polar surface area (TPSA) is 58.0 Å². The predicted molar refractivity (Wildman–Crippen MR) is 84.9 cm³/mol. The molecule has 0 aromatic carbocycles. The first kappa shape index (κ1) is 17.0. The second kappa shape index (κ2) is 8.92. The number of amides is 1. The van der Waals surface area contributed by atoms with Gasteiger partial charge in [-0.1, -0.05) is 0 Å². The lowest BCUT2D eigenvalue weighted by Crippen LogP contribution is -2.43. The van der Waals surface area contributed by atoms with Crippen LogP contribution < -0.4 is 5.32 Å². The van der Waals surface area contributed by atoms with Crippen LogP contribution in [0.25, 0.3) is 0 Å². The van der Waals surface area contributed by atoms with Crippen LogP contribution >= 0.6 is 0 Å². The molecule has 0 unspecified atom stereocenters. The van der Waals surface area contributed by atoms with E-state index >= 15 is 0 Å². The van der Waals surface area contributed by atoms with Gasteiger partial charge in [-0.25, -0.2) is 0 Å². The Labute approximate surface area is 132 Å². The van der Waals surface area contributed by atoms with Crippen molar-refractivity contribution >= 4 is 5.91 Å². The number of nitrogens with zero attached hydrogens (tertiary/aromatic N) is 2. The van der Waals surface area contributed by atoms with Gasteiger partial charge in [0, 0.05) is 45.9 Å². The Hall–Kier alpha value is -1.37. The van der Waals surface area contributed by atoms with Crippen LogP contribution in [-0.2, 0) is 11.3 Å². The Morgan fingerprint density at radius 3 is 2.82 bits per heavy atom. The first-order valence-corrected chi connectivity index (χ1v) is 8.04. The van der Waals surface area contributed by atoms with E-state index in [4.69, 9.17) is 9.15 Å². The minimum absolute atomic E-state index is 0.152. The van der Waals surface area contributed by atoms with Gasteiger partial charge >= 0.3 is 0 Å². The summed E-state index contributed by atoms with van der Waals surface area (Å²) < 4.78 is 10.9. The first-order valence-electron chi connectivity index (χ1n) is 8.04. The summed E-state index contributed by atoms with van der Waals surface area (Å²) in [6.45, 7) is 8.95. The molecule has 1 aliphatic rings. The summed E-state index contributed by atoms with van der Waals surface area (Å²) in [7, 11) is 2.14. The van der Waals surface area contributed by atoms with Crippen molar-refractivity contribution in [3.05, 3.63) is 23.7 Å². The molecule has 2 rings (SSSR count). The zero-order valence-corrected chi connectivity index (χ0v) is 13.6. The minimum atomic E-state index is -0.152. The van der Waals surface area contributed by atoms with E-state index in [1.54, 1.807) is 6.07 Å². The van der Waals surface area contributed by atoms with Crippen molar-refractivity contribution < 1.29 is 13.9 Å². The van der Waals surface area contributed by atoms with E-state index in [0.29, 0.717) is 25.5 Å². The van der Waals surface area contributed by atoms with Gasteiger partial charge in [0.25, 0.3) is 5.91 Å². The van der Waals surface area contributed by atoms with E-state index in [-0.39, 0.29) is 5.91 Å². The van der Waals surface area contributed by atoms with Gasteiger partial charge in [0.1, 0.15) is 5.76 Å². The monoisotopic (exact) mass is 309 g/mol. The summed E-state index contributed by atoms with van der Waals surface area (Å²) in [5.41, 5.74) is 0. The van der Waals surface area contributed by atoms with Gasteiger partial charge in [-0.3, -0.25) is 9.69 Å². The third-order valence-electron chi connectivity index (χ3n) is 3.82. The highest BCUT2D eigenvalue weighted by atomic mass is 16.5. The van der Waals surface area contributed by atoms with Gasteiger partial charge in [0.05, 0.1) is 6.54 Å². The summed E-state index contributed by atoms with van der Waals surface area (Å²) in [5, 5.41) is 2.85. The maximum absolute atomic E-state index is 12.0. The summed E-state index contributed by atoms with van der Waals surface area (Å²) in [5.74, 6) is 1.09. The molecule has 0 bridgehead atoms. The number of piperazine rings is 1. The number of rotatable bonds is 8. The molecule has 0 spiro atoms. The molecule has 1 fully saturated rings. The summed E-state index contributed by atoms with van der Waals surface area (Å²) >= 11 is 0. The minimum Gasteiger partial charge on any atom is -0.455 e. The van der Waals surface area contributed by atoms with Gasteiger partial charge in [0.15, 0.2) is 5.76 Å². The van der Waals surface area contributed by atoms with Gasteiger partial charge in [-0.05, 0) is 32.5 Å². The lowest BCUT2D eigenvalue weighted by atomic mass is 10.3. The number of nitrogens with one attached hydrogen (secondary N) is 1. The molecular formula is C16H27N3O3. The summed E-state index contributed by atoms with van der Waals surface area (Å²) in [6, 6.07) is 3.65. The number of ether oxygens (including phenoxy) is 1. The molecule has 1 saturated heterocycles. The van der Waals surface area contributed by atoms with E-state index in [0.717, 1.165) is 44.9 Å². The average molecular weight is 309 g/mol. The molecule has 6 heteroatoms. The Bertz CT molecular complexity index is 453. The summed E-state index contributed by atoms with van der Waals surface area (Å²) in [6.07, 6.45) is 0.814. The van der Waals surface area contributed by atoms with Crippen LogP contribution in [0.3, 0.4) is 0 Å². The van der Waals surface area contributed by atoms with Crippen LogP contribution in [0, 0.1) is 0 Å². The highest BCUT2D eigenvalue weighted by Crippen LogP contribution is 2.12. The highest BCUT2D eigenvalue weighted by Gasteiger charge is 2.16. The normalized spacial score (nSPS) is 16.8. The maximum Gasteiger partial charge on any atom is 0.286 e. The Kier molecular flexibility index (Phi) is 6.89. The zero-order valence-electron chi connectivity index (χ0n) is 13.6. The molecule has 1 aromatic heterocycles. The maximum atomic E-state index is 12.0. The molecule has 1 N–H and O–H groups in total. The molecule has 1 amide bonds. The van der Waals surface area contributed by atoms with Crippen LogP contribution in [0.15, 0.2) is 16.5 Å². The van der Waals surface area contributed by atoms with Gasteiger partial charge in [0.2, 0.25) is 0 Å². The van der Waals surface area contributed by atoms with Crippen molar-refractivity contribution in [2.45, 2.75) is 19.9 Å². The van der Waals surface area contributed by atoms with Crippen LogP contribution in [0.5, 0.6) is 0 Å². The second-order valence-corrected chi connectivity index (χ2v) is 5.65. The standard InChI is InChI=1S/C16H27N3O3/c1-3-21-12-4-7-17-16(20)15-6-5-14(22-15)13-19-10-8-18(2)9-11-19/h5-6H,3-4,7-13H2,1-2H3,(H,17,20). The lowest BCUT2D eigenvalue weighted by molar-refractivity contribution is 0.0910. The number of likely N-dealkylation sites (N-methyl/N-ethyl adjacent to an activating group) is 1. The fourth-order valence-electron chi connectivity index (χ4n) is 2.42. The van der Waals surface area contributed by atoms with E-state index in [1.165, 1.54) is 0 Å². The van der Waals surface area contributed by atoms with E-state index in [9.17, 15) is 4.79 Å². The first-order chi connectivity index (χ1) is 10.7. The van der Waals surface area contributed by atoms with Crippen molar-refractivity contribution in [2.24, 2.45) is 0 Å². The fraction of sp³-hybridized carbons (Fsp3) is 0.688. The number of carbonyl (C=O) groups excluding carboxylic acids is 1. The Balaban J connectivity index is 1.72. The number of furan rings is 1. The molecule has 124 valence electrons. The average Bonchev–Trinajstić information content (AvgIpc) is 2.98. The molecule has 2 heterocycles. The van der Waals surface area contributed by atoms with Gasteiger partial charge in [-0.15, -0.1) is 0 Å². The number of hydrogen-bond acceptors (Lipinski definition) is 5. The smallest absolute Gasteiger partial charge is 0.286 e. The van der Waals surface area contributed by atoms with Crippen LogP contribution in [0.4, 0.5) is 0 Å². The molecule has 0 saturated carbocycles. The SMILES string of the molecule is CCOCCCNC(=O)c1ccc(CN2CCN(C)CC2)o1. The quantitative estimate of drug-likeness (QED) is 0.731. The molecular weight excluding hydrogens is 282 g/mol. The lowest BCUT2D eigenvalue weighted by Gasteiger charge is -2.31. The molecule has 22 heavy (non-hydrogen) atoms. The molecule has 1 aliphatic heterocycles. The molecule has 0 atom stereocenters. The second-order valence-electron chi connectivity index (χ2n) is 5.65. The van der Waals surface area contributed by atoms with Crippen molar-refractivity contribution in [1.29, 1.82) is 0 Å². The van der Waals surface area contributed by atoms with E-state index in [1.807, 2.05) is 13.0 Å². The Morgan fingerprint density at radius 1 is 1.32 bits per heavy atom. The predicted octanol–water partition coefficient (Wildman–Crippen LogP) is 1.18.